The van der Waals surface area contributed by atoms with Gasteiger partial charge >= 0.3 is 0 Å². The van der Waals surface area contributed by atoms with Gasteiger partial charge in [0.2, 0.25) is 5.91 Å². The smallest absolute Gasteiger partial charge is 0.222 e. The van der Waals surface area contributed by atoms with Gasteiger partial charge < -0.3 is 20.6 Å². The summed E-state index contributed by atoms with van der Waals surface area (Å²) in [6.07, 6.45) is 60.6. The molecule has 0 fully saturated rings. The Balaban J connectivity index is 3.60. The highest BCUT2D eigenvalue weighted by molar-refractivity contribution is 5.76. The molecule has 0 saturated carbocycles. The third-order valence-corrected chi connectivity index (χ3v) is 12.2. The molecule has 3 unspecified atom stereocenters. The van der Waals surface area contributed by atoms with E-state index in [2.05, 4.69) is 31.3 Å². The van der Waals surface area contributed by atoms with Gasteiger partial charge in [-0.2, -0.15) is 0 Å². The number of rotatable bonds is 48. The summed E-state index contributed by atoms with van der Waals surface area (Å²) in [6.45, 7) is 4.24. The second-order valence-electron chi connectivity index (χ2n) is 18.1. The lowest BCUT2D eigenvalue weighted by Gasteiger charge is -2.21. The van der Waals surface area contributed by atoms with Gasteiger partial charge in [0.25, 0.3) is 0 Å². The molecule has 0 bridgehead atoms. The van der Waals surface area contributed by atoms with Crippen molar-refractivity contribution in [2.45, 2.75) is 302 Å². The van der Waals surface area contributed by atoms with Gasteiger partial charge in [0.05, 0.1) is 31.3 Å². The zero-order valence-electron chi connectivity index (χ0n) is 39.2. The maximum Gasteiger partial charge on any atom is 0.222 e. The summed E-state index contributed by atoms with van der Waals surface area (Å²) >= 11 is 0. The molecule has 0 radical (unpaired) electrons. The molecule has 0 aromatic heterocycles. The Kier molecular flexibility index (Phi) is 47.5. The zero-order chi connectivity index (χ0) is 42.3. The van der Waals surface area contributed by atoms with Gasteiger partial charge in [0.15, 0.2) is 0 Å². The van der Waals surface area contributed by atoms with E-state index in [0.717, 1.165) is 38.5 Å². The molecule has 5 nitrogen and oxygen atoms in total. The number of aliphatic hydroxyl groups excluding tert-OH is 3. The summed E-state index contributed by atoms with van der Waals surface area (Å²) in [5, 5.41) is 33.4. The standard InChI is InChI=1S/C53H103NO4/c1-3-5-7-9-11-13-15-17-19-21-23-25-27-29-31-33-35-37-39-41-43-45-47-52(57)51(49-55)54-53(58)48-50(56)46-44-42-40-38-36-34-32-30-28-26-24-22-20-18-16-14-12-10-8-6-4-2/h30,32,45,47,50-52,55-57H,3-29,31,33-44,46,48-49H2,1-2H3,(H,54,58)/b32-30-,47-45+. The molecule has 0 aromatic rings. The van der Waals surface area contributed by atoms with Gasteiger partial charge in [-0.15, -0.1) is 0 Å². The fourth-order valence-electron chi connectivity index (χ4n) is 8.22. The van der Waals surface area contributed by atoms with E-state index in [1.807, 2.05) is 6.08 Å². The minimum absolute atomic E-state index is 0.0102. The molecular formula is C53H103NO4. The molecular weight excluding hydrogens is 715 g/mol. The van der Waals surface area contributed by atoms with E-state index in [4.69, 9.17) is 0 Å². The lowest BCUT2D eigenvalue weighted by Crippen LogP contribution is -2.45. The first kappa shape index (κ1) is 56.8. The summed E-state index contributed by atoms with van der Waals surface area (Å²) < 4.78 is 0. The third kappa shape index (κ3) is 44.4. The molecule has 0 aliphatic heterocycles. The van der Waals surface area contributed by atoms with E-state index in [9.17, 15) is 20.1 Å². The predicted molar refractivity (Wildman–Crippen MR) is 255 cm³/mol. The van der Waals surface area contributed by atoms with Crippen LogP contribution in [0.1, 0.15) is 284 Å². The van der Waals surface area contributed by atoms with Crippen molar-refractivity contribution < 1.29 is 20.1 Å². The monoisotopic (exact) mass is 818 g/mol. The Bertz CT molecular complexity index is 859. The van der Waals surface area contributed by atoms with Crippen LogP contribution < -0.4 is 5.32 Å². The van der Waals surface area contributed by atoms with Gasteiger partial charge in [-0.1, -0.05) is 256 Å². The van der Waals surface area contributed by atoms with Crippen LogP contribution in [0.5, 0.6) is 0 Å². The fraction of sp³-hybridized carbons (Fsp3) is 0.906. The summed E-state index contributed by atoms with van der Waals surface area (Å²) in [6, 6.07) is -0.746. The molecule has 0 aromatic carbocycles. The molecule has 4 N–H and O–H groups in total. The number of carbonyl (C=O) groups is 1. The first-order valence-electron chi connectivity index (χ1n) is 26.1. The maximum absolute atomic E-state index is 12.5. The molecule has 344 valence electrons. The van der Waals surface area contributed by atoms with Crippen LogP contribution in [-0.2, 0) is 4.79 Å². The number of aliphatic hydroxyl groups is 3. The number of nitrogens with one attached hydrogen (secondary N) is 1. The highest BCUT2D eigenvalue weighted by atomic mass is 16.3. The Morgan fingerprint density at radius 3 is 1.05 bits per heavy atom. The highest BCUT2D eigenvalue weighted by Crippen LogP contribution is 2.17. The molecule has 0 aliphatic rings. The topological polar surface area (TPSA) is 89.8 Å². The van der Waals surface area contributed by atoms with E-state index < -0.39 is 18.2 Å². The van der Waals surface area contributed by atoms with Crippen LogP contribution in [0.2, 0.25) is 0 Å². The quantitative estimate of drug-likeness (QED) is 0.0364. The van der Waals surface area contributed by atoms with E-state index in [-0.39, 0.29) is 18.9 Å². The van der Waals surface area contributed by atoms with Crippen molar-refractivity contribution >= 4 is 5.91 Å². The molecule has 5 heteroatoms. The Morgan fingerprint density at radius 2 is 0.724 bits per heavy atom. The predicted octanol–water partition coefficient (Wildman–Crippen LogP) is 15.7. The first-order chi connectivity index (χ1) is 28.5. The van der Waals surface area contributed by atoms with E-state index in [1.54, 1.807) is 6.08 Å². The van der Waals surface area contributed by atoms with Crippen LogP contribution in [0.15, 0.2) is 24.3 Å². The zero-order valence-corrected chi connectivity index (χ0v) is 39.2. The lowest BCUT2D eigenvalue weighted by molar-refractivity contribution is -0.124. The van der Waals surface area contributed by atoms with Crippen molar-refractivity contribution in [3.8, 4) is 0 Å². The van der Waals surface area contributed by atoms with Crippen LogP contribution in [0, 0.1) is 0 Å². The second kappa shape index (κ2) is 48.5. The largest absolute Gasteiger partial charge is 0.394 e. The number of amides is 1. The first-order valence-corrected chi connectivity index (χ1v) is 26.1. The molecule has 0 heterocycles. The van der Waals surface area contributed by atoms with E-state index >= 15 is 0 Å². The summed E-state index contributed by atoms with van der Waals surface area (Å²) in [5.74, 6) is -0.316. The molecule has 0 spiro atoms. The number of unbranched alkanes of at least 4 members (excludes halogenated alkanes) is 37. The van der Waals surface area contributed by atoms with Crippen LogP contribution in [0.3, 0.4) is 0 Å². The van der Waals surface area contributed by atoms with Crippen molar-refractivity contribution in [3.63, 3.8) is 0 Å². The molecule has 0 rings (SSSR count). The summed E-state index contributed by atoms with van der Waals surface area (Å²) in [5.41, 5.74) is 0. The van der Waals surface area contributed by atoms with Crippen molar-refractivity contribution in [2.75, 3.05) is 6.61 Å². The number of hydrogen-bond donors (Lipinski definition) is 4. The van der Waals surface area contributed by atoms with Gasteiger partial charge in [-0.05, 0) is 44.9 Å². The minimum Gasteiger partial charge on any atom is -0.394 e. The van der Waals surface area contributed by atoms with Crippen molar-refractivity contribution in [2.24, 2.45) is 0 Å². The normalized spacial score (nSPS) is 13.5. The van der Waals surface area contributed by atoms with E-state index in [0.29, 0.717) is 6.42 Å². The number of carbonyl (C=O) groups excluding carboxylic acids is 1. The van der Waals surface area contributed by atoms with Crippen LogP contribution >= 0.6 is 0 Å². The summed E-state index contributed by atoms with van der Waals surface area (Å²) in [4.78, 5) is 12.5. The highest BCUT2D eigenvalue weighted by Gasteiger charge is 2.20. The van der Waals surface area contributed by atoms with E-state index in [1.165, 1.54) is 218 Å². The molecule has 58 heavy (non-hydrogen) atoms. The number of hydrogen-bond acceptors (Lipinski definition) is 4. The Hall–Kier alpha value is -1.17. The lowest BCUT2D eigenvalue weighted by atomic mass is 10.0. The average molecular weight is 818 g/mol. The average Bonchev–Trinajstić information content (AvgIpc) is 3.22. The van der Waals surface area contributed by atoms with Crippen LogP contribution in [0.25, 0.3) is 0 Å². The van der Waals surface area contributed by atoms with Gasteiger partial charge in [-0.25, -0.2) is 0 Å². The summed E-state index contributed by atoms with van der Waals surface area (Å²) in [7, 11) is 0. The SMILES string of the molecule is CCCCCCCCCCCCCC/C=C\CCCCCCCC(O)CC(=O)NC(CO)C(O)/C=C/CCCCCCCCCCCCCCCCCCCCCC. The van der Waals surface area contributed by atoms with Crippen molar-refractivity contribution in [1.29, 1.82) is 0 Å². The third-order valence-electron chi connectivity index (χ3n) is 12.2. The fourth-order valence-corrected chi connectivity index (χ4v) is 8.22. The molecule has 1 amide bonds. The van der Waals surface area contributed by atoms with Crippen molar-refractivity contribution in [1.82, 2.24) is 5.32 Å². The van der Waals surface area contributed by atoms with Gasteiger partial charge in [-0.3, -0.25) is 4.79 Å². The van der Waals surface area contributed by atoms with Crippen LogP contribution in [0.4, 0.5) is 0 Å². The van der Waals surface area contributed by atoms with Gasteiger partial charge in [0.1, 0.15) is 0 Å². The maximum atomic E-state index is 12.5. The Labute approximate surface area is 362 Å². The Morgan fingerprint density at radius 1 is 0.431 bits per heavy atom. The second-order valence-corrected chi connectivity index (χ2v) is 18.1. The molecule has 0 aliphatic carbocycles. The minimum atomic E-state index is -0.930. The van der Waals surface area contributed by atoms with Gasteiger partial charge in [0, 0.05) is 0 Å². The van der Waals surface area contributed by atoms with Crippen molar-refractivity contribution in [3.05, 3.63) is 24.3 Å². The number of allylic oxidation sites excluding steroid dienone is 3. The van der Waals surface area contributed by atoms with Crippen LogP contribution in [-0.4, -0.2) is 46.1 Å². The molecule has 3 atom stereocenters. The molecule has 0 saturated heterocycles.